The van der Waals surface area contributed by atoms with Crippen LogP contribution in [0.1, 0.15) is 26.2 Å². The smallest absolute Gasteiger partial charge is 0.0509 e. The lowest BCUT2D eigenvalue weighted by Crippen LogP contribution is -2.37. The van der Waals surface area contributed by atoms with Gasteiger partial charge in [-0.25, -0.2) is 0 Å². The molecule has 0 aromatic carbocycles. The maximum absolute atomic E-state index is 6.09. The van der Waals surface area contributed by atoms with Gasteiger partial charge in [0, 0.05) is 18.4 Å². The third kappa shape index (κ3) is 4.34. The summed E-state index contributed by atoms with van der Waals surface area (Å²) in [6.45, 7) is 4.03. The van der Waals surface area contributed by atoms with Gasteiger partial charge in [0.2, 0.25) is 0 Å². The molecule has 0 aromatic rings. The lowest BCUT2D eigenvalue weighted by Gasteiger charge is -2.27. The highest BCUT2D eigenvalue weighted by Crippen LogP contribution is 2.19. The normalized spacial score (nSPS) is 25.8. The van der Waals surface area contributed by atoms with E-state index in [0.717, 1.165) is 19.0 Å². The summed E-state index contributed by atoms with van der Waals surface area (Å²) in [6.07, 6.45) is 3.70. The van der Waals surface area contributed by atoms with Crippen LogP contribution in [-0.4, -0.2) is 30.8 Å². The van der Waals surface area contributed by atoms with Gasteiger partial charge in [0.05, 0.1) is 6.61 Å². The van der Waals surface area contributed by atoms with Crippen molar-refractivity contribution in [3.8, 4) is 0 Å². The Morgan fingerprint density at radius 2 is 2.46 bits per heavy atom. The van der Waals surface area contributed by atoms with Crippen LogP contribution in [0.3, 0.4) is 0 Å². The Labute approximate surface area is 85.6 Å². The molecule has 0 spiro atoms. The van der Waals surface area contributed by atoms with Gasteiger partial charge in [0.1, 0.15) is 0 Å². The van der Waals surface area contributed by atoms with Crippen molar-refractivity contribution in [2.24, 2.45) is 11.7 Å². The summed E-state index contributed by atoms with van der Waals surface area (Å²) in [5.74, 6) is 2.95. The fourth-order valence-electron chi connectivity index (χ4n) is 1.60. The predicted octanol–water partition coefficient (Wildman–Crippen LogP) is 1.88. The molecule has 1 aliphatic rings. The number of nitrogens with two attached hydrogens (primary N) is 1. The predicted molar refractivity (Wildman–Crippen MR) is 59.1 cm³/mol. The summed E-state index contributed by atoms with van der Waals surface area (Å²) in [5, 5.41) is 0. The van der Waals surface area contributed by atoms with Gasteiger partial charge in [0.25, 0.3) is 0 Å². The van der Waals surface area contributed by atoms with E-state index in [2.05, 4.69) is 6.92 Å². The van der Waals surface area contributed by atoms with E-state index in [1.54, 1.807) is 0 Å². The zero-order valence-corrected chi connectivity index (χ0v) is 9.31. The van der Waals surface area contributed by atoms with Crippen LogP contribution in [0.5, 0.6) is 0 Å². The molecule has 0 bridgehead atoms. The third-order valence-electron chi connectivity index (χ3n) is 2.46. The lowest BCUT2D eigenvalue weighted by atomic mass is 9.96. The fraction of sp³-hybridized carbons (Fsp3) is 1.00. The molecule has 3 heteroatoms. The van der Waals surface area contributed by atoms with E-state index in [1.807, 2.05) is 11.8 Å². The van der Waals surface area contributed by atoms with E-state index >= 15 is 0 Å². The molecule has 0 aliphatic carbocycles. The highest BCUT2D eigenvalue weighted by Gasteiger charge is 2.20. The fourth-order valence-corrected chi connectivity index (χ4v) is 2.60. The first-order chi connectivity index (χ1) is 6.34. The van der Waals surface area contributed by atoms with E-state index in [1.165, 1.54) is 25.0 Å². The molecule has 2 nitrogen and oxygen atoms in total. The molecular weight excluding hydrogens is 182 g/mol. The first-order valence-electron chi connectivity index (χ1n) is 5.25. The molecule has 0 radical (unpaired) electrons. The second kappa shape index (κ2) is 6.68. The topological polar surface area (TPSA) is 35.2 Å². The van der Waals surface area contributed by atoms with Crippen molar-refractivity contribution < 1.29 is 4.74 Å². The van der Waals surface area contributed by atoms with Crippen molar-refractivity contribution in [3.63, 3.8) is 0 Å². The van der Waals surface area contributed by atoms with Crippen molar-refractivity contribution in [1.82, 2.24) is 0 Å². The Bertz CT molecular complexity index is 126. The van der Waals surface area contributed by atoms with Crippen molar-refractivity contribution in [3.05, 3.63) is 0 Å². The summed E-state index contributed by atoms with van der Waals surface area (Å²) < 4.78 is 5.42. The maximum atomic E-state index is 6.09. The molecule has 78 valence electrons. The molecule has 2 atom stereocenters. The van der Waals surface area contributed by atoms with E-state index in [4.69, 9.17) is 10.5 Å². The average Bonchev–Trinajstić information content (AvgIpc) is 2.19. The Morgan fingerprint density at radius 1 is 1.62 bits per heavy atom. The van der Waals surface area contributed by atoms with Gasteiger partial charge in [0.15, 0.2) is 0 Å². The molecule has 2 unspecified atom stereocenters. The van der Waals surface area contributed by atoms with Crippen LogP contribution in [0.25, 0.3) is 0 Å². The van der Waals surface area contributed by atoms with Crippen molar-refractivity contribution in [2.45, 2.75) is 32.2 Å². The quantitative estimate of drug-likeness (QED) is 0.693. The average molecular weight is 203 g/mol. The second-order valence-electron chi connectivity index (χ2n) is 3.72. The van der Waals surface area contributed by atoms with E-state index in [-0.39, 0.29) is 0 Å². The summed E-state index contributed by atoms with van der Waals surface area (Å²) in [6, 6.07) is 0.344. The SMILES string of the molecule is CCCSCC(N)C1CCCOC1. The van der Waals surface area contributed by atoms with Gasteiger partial charge in [-0.05, 0) is 30.9 Å². The highest BCUT2D eigenvalue weighted by atomic mass is 32.2. The molecule has 1 rings (SSSR count). The van der Waals surface area contributed by atoms with Gasteiger partial charge in [-0.1, -0.05) is 6.92 Å². The second-order valence-corrected chi connectivity index (χ2v) is 4.87. The van der Waals surface area contributed by atoms with Crippen LogP contribution < -0.4 is 5.73 Å². The summed E-state index contributed by atoms with van der Waals surface area (Å²) in [5.41, 5.74) is 6.09. The molecule has 1 aliphatic heterocycles. The van der Waals surface area contributed by atoms with Gasteiger partial charge < -0.3 is 10.5 Å². The first-order valence-corrected chi connectivity index (χ1v) is 6.41. The van der Waals surface area contributed by atoms with Crippen LogP contribution in [0.15, 0.2) is 0 Å². The Balaban J connectivity index is 2.09. The number of thioether (sulfide) groups is 1. The molecule has 1 saturated heterocycles. The van der Waals surface area contributed by atoms with Crippen LogP contribution in [-0.2, 0) is 4.74 Å². The molecule has 1 fully saturated rings. The van der Waals surface area contributed by atoms with Gasteiger partial charge in [-0.15, -0.1) is 0 Å². The zero-order chi connectivity index (χ0) is 9.52. The third-order valence-corrected chi connectivity index (χ3v) is 3.78. The molecule has 0 aromatic heterocycles. The Kier molecular flexibility index (Phi) is 5.83. The van der Waals surface area contributed by atoms with E-state index < -0.39 is 0 Å². The van der Waals surface area contributed by atoms with E-state index in [9.17, 15) is 0 Å². The van der Waals surface area contributed by atoms with Crippen molar-refractivity contribution in [1.29, 1.82) is 0 Å². The van der Waals surface area contributed by atoms with E-state index in [0.29, 0.717) is 12.0 Å². The number of hydrogen-bond acceptors (Lipinski definition) is 3. The monoisotopic (exact) mass is 203 g/mol. The first kappa shape index (κ1) is 11.3. The molecule has 0 saturated carbocycles. The minimum absolute atomic E-state index is 0.344. The zero-order valence-electron chi connectivity index (χ0n) is 8.50. The van der Waals surface area contributed by atoms with Crippen LogP contribution >= 0.6 is 11.8 Å². The summed E-state index contributed by atoms with van der Waals surface area (Å²) in [7, 11) is 0. The number of rotatable bonds is 5. The molecule has 13 heavy (non-hydrogen) atoms. The Hall–Kier alpha value is 0.270. The van der Waals surface area contributed by atoms with Crippen molar-refractivity contribution in [2.75, 3.05) is 24.7 Å². The van der Waals surface area contributed by atoms with Crippen LogP contribution in [0.2, 0.25) is 0 Å². The molecule has 1 heterocycles. The summed E-state index contributed by atoms with van der Waals surface area (Å²) in [4.78, 5) is 0. The molecular formula is C10H21NOS. The number of hydrogen-bond donors (Lipinski definition) is 1. The number of ether oxygens (including phenoxy) is 1. The summed E-state index contributed by atoms with van der Waals surface area (Å²) >= 11 is 1.97. The van der Waals surface area contributed by atoms with Crippen molar-refractivity contribution >= 4 is 11.8 Å². The lowest BCUT2D eigenvalue weighted by molar-refractivity contribution is 0.0478. The highest BCUT2D eigenvalue weighted by molar-refractivity contribution is 7.99. The Morgan fingerprint density at radius 3 is 3.08 bits per heavy atom. The van der Waals surface area contributed by atoms with Crippen LogP contribution in [0.4, 0.5) is 0 Å². The van der Waals surface area contributed by atoms with Crippen LogP contribution in [0, 0.1) is 5.92 Å². The minimum Gasteiger partial charge on any atom is -0.381 e. The van der Waals surface area contributed by atoms with Gasteiger partial charge in [-0.3, -0.25) is 0 Å². The molecule has 0 amide bonds. The standard InChI is InChI=1S/C10H21NOS/c1-2-6-13-8-10(11)9-4-3-5-12-7-9/h9-10H,2-8,11H2,1H3. The minimum atomic E-state index is 0.344. The maximum Gasteiger partial charge on any atom is 0.0509 e. The van der Waals surface area contributed by atoms with Gasteiger partial charge >= 0.3 is 0 Å². The van der Waals surface area contributed by atoms with Gasteiger partial charge in [-0.2, -0.15) is 11.8 Å². The largest absolute Gasteiger partial charge is 0.381 e. The molecule has 2 N–H and O–H groups in total.